The van der Waals surface area contributed by atoms with Crippen molar-refractivity contribution < 1.29 is 19.0 Å². The van der Waals surface area contributed by atoms with Gasteiger partial charge in [-0.1, -0.05) is 91.0 Å². The van der Waals surface area contributed by atoms with Gasteiger partial charge in [-0.15, -0.1) is 0 Å². The minimum atomic E-state index is -0.209. The molecule has 0 aliphatic carbocycles. The Bertz CT molecular complexity index is 2250. The first-order valence-corrected chi connectivity index (χ1v) is 20.1. The molecule has 0 spiro atoms. The zero-order valence-electron chi connectivity index (χ0n) is 33.2. The largest absolute Gasteiger partial charge is 0.473 e. The highest BCUT2D eigenvalue weighted by atomic mass is 16.6. The molecule has 8 rings (SSSR count). The van der Waals surface area contributed by atoms with Crippen LogP contribution >= 0.6 is 0 Å². The maximum Gasteiger partial charge on any atom is 0.410 e. The molecule has 2 saturated heterocycles. The van der Waals surface area contributed by atoms with Gasteiger partial charge in [0, 0.05) is 69.0 Å². The molecular formula is C47H52N6O4. The van der Waals surface area contributed by atoms with Gasteiger partial charge in [-0.2, -0.15) is 10.1 Å². The Morgan fingerprint density at radius 1 is 0.737 bits per heavy atom. The van der Waals surface area contributed by atoms with Gasteiger partial charge in [0.25, 0.3) is 0 Å². The van der Waals surface area contributed by atoms with Gasteiger partial charge >= 0.3 is 6.09 Å². The predicted octanol–water partition coefficient (Wildman–Crippen LogP) is 8.74. The third kappa shape index (κ3) is 9.07. The number of carbonyl (C=O) groups excluding carboxylic acids is 1. The van der Waals surface area contributed by atoms with E-state index in [2.05, 4.69) is 41.8 Å². The first kappa shape index (κ1) is 38.0. The number of carbonyl (C=O) groups is 1. The summed E-state index contributed by atoms with van der Waals surface area (Å²) in [5.74, 6) is 1.54. The van der Waals surface area contributed by atoms with Crippen molar-refractivity contribution in [1.82, 2.24) is 24.6 Å². The van der Waals surface area contributed by atoms with E-state index in [-0.39, 0.29) is 11.6 Å². The molecule has 0 bridgehead atoms. The van der Waals surface area contributed by atoms with Crippen LogP contribution in [-0.2, 0) is 31.6 Å². The molecule has 10 heteroatoms. The summed E-state index contributed by atoms with van der Waals surface area (Å²) in [7, 11) is 2.00. The minimum Gasteiger partial charge on any atom is -0.473 e. The van der Waals surface area contributed by atoms with E-state index < -0.39 is 0 Å². The van der Waals surface area contributed by atoms with E-state index in [4.69, 9.17) is 24.3 Å². The Morgan fingerprint density at radius 3 is 2.02 bits per heavy atom. The SMILES string of the molecule is Cn1nc(-c2ccc(OCc3ccccc3)nc2OCc2ccccc2)c2ccc(N3CCN(CC4CCN(C(=O)OCc5ccccc5)CC4)C(C)(C)C3)cc21. The van der Waals surface area contributed by atoms with Crippen molar-refractivity contribution in [3.63, 3.8) is 0 Å². The molecule has 6 aromatic rings. The number of anilines is 1. The van der Waals surface area contributed by atoms with Gasteiger partial charge in [0.1, 0.15) is 25.5 Å². The van der Waals surface area contributed by atoms with E-state index in [0.29, 0.717) is 37.5 Å². The normalized spacial score (nSPS) is 16.1. The molecule has 0 atom stereocenters. The van der Waals surface area contributed by atoms with Crippen LogP contribution < -0.4 is 14.4 Å². The van der Waals surface area contributed by atoms with E-state index in [0.717, 1.165) is 91.0 Å². The molecule has 4 aromatic carbocycles. The first-order chi connectivity index (χ1) is 27.8. The van der Waals surface area contributed by atoms with Gasteiger partial charge in [0.15, 0.2) is 0 Å². The van der Waals surface area contributed by atoms with Crippen molar-refractivity contribution in [2.45, 2.75) is 52.0 Å². The lowest BCUT2D eigenvalue weighted by atomic mass is 9.91. The lowest BCUT2D eigenvalue weighted by molar-refractivity contribution is 0.0540. The number of piperidine rings is 1. The summed E-state index contributed by atoms with van der Waals surface area (Å²) in [6.07, 6.45) is 1.78. The number of nitrogens with zero attached hydrogens (tertiary/aromatic N) is 6. The number of rotatable bonds is 12. The standard InChI is InChI=1S/C47H52N6O4/c1-47(2)34-52(27-28-53(47)30-35-23-25-51(26-24-35)46(54)57-33-38-17-11-6-12-18-38)39-19-20-40-42(29-39)50(3)49-44(40)41-21-22-43(55-31-36-13-7-4-8-14-36)48-45(41)56-32-37-15-9-5-10-16-37/h4-22,29,35H,23-28,30-34H2,1-3H3. The number of fused-ring (bicyclic) bond motifs is 1. The van der Waals surface area contributed by atoms with Crippen molar-refractivity contribution in [3.8, 4) is 23.0 Å². The van der Waals surface area contributed by atoms with Crippen molar-refractivity contribution in [2.24, 2.45) is 13.0 Å². The number of pyridine rings is 1. The number of likely N-dealkylation sites (tertiary alicyclic amines) is 1. The smallest absolute Gasteiger partial charge is 0.410 e. The van der Waals surface area contributed by atoms with Crippen molar-refractivity contribution in [1.29, 1.82) is 0 Å². The molecule has 0 radical (unpaired) electrons. The number of benzene rings is 4. The maximum absolute atomic E-state index is 12.8. The summed E-state index contributed by atoms with van der Waals surface area (Å²) in [6.45, 7) is 11.2. The van der Waals surface area contributed by atoms with E-state index in [9.17, 15) is 4.79 Å². The molecule has 4 heterocycles. The van der Waals surface area contributed by atoms with Crippen LogP contribution in [0.25, 0.3) is 22.2 Å². The number of piperazine rings is 1. The second kappa shape index (κ2) is 17.1. The summed E-state index contributed by atoms with van der Waals surface area (Å²) in [6, 6.07) is 40.6. The van der Waals surface area contributed by atoms with Crippen LogP contribution in [0, 0.1) is 5.92 Å². The monoisotopic (exact) mass is 764 g/mol. The Balaban J connectivity index is 0.925. The average molecular weight is 765 g/mol. The summed E-state index contributed by atoms with van der Waals surface area (Å²) < 4.78 is 20.1. The van der Waals surface area contributed by atoms with Gasteiger partial charge in [-0.3, -0.25) is 9.58 Å². The van der Waals surface area contributed by atoms with Crippen molar-refractivity contribution in [2.75, 3.05) is 44.2 Å². The van der Waals surface area contributed by atoms with E-state index in [1.165, 1.54) is 5.69 Å². The van der Waals surface area contributed by atoms with Gasteiger partial charge < -0.3 is 24.0 Å². The molecule has 2 aromatic heterocycles. The van der Waals surface area contributed by atoms with Gasteiger partial charge in [0.2, 0.25) is 11.8 Å². The molecule has 2 aliphatic rings. The Morgan fingerprint density at radius 2 is 1.37 bits per heavy atom. The third-order valence-corrected chi connectivity index (χ3v) is 11.4. The topological polar surface area (TPSA) is 85.2 Å². The fourth-order valence-electron chi connectivity index (χ4n) is 8.06. The molecule has 1 amide bonds. The highest BCUT2D eigenvalue weighted by Gasteiger charge is 2.36. The number of aromatic nitrogens is 3. The lowest BCUT2D eigenvalue weighted by Gasteiger charge is -2.49. The van der Waals surface area contributed by atoms with Gasteiger partial charge in [-0.25, -0.2) is 4.79 Å². The van der Waals surface area contributed by atoms with Crippen LogP contribution in [0.2, 0.25) is 0 Å². The predicted molar refractivity (Wildman–Crippen MR) is 224 cm³/mol. The number of hydrogen-bond acceptors (Lipinski definition) is 8. The lowest BCUT2D eigenvalue weighted by Crippen LogP contribution is -2.60. The van der Waals surface area contributed by atoms with E-state index in [1.54, 1.807) is 0 Å². The molecule has 0 N–H and O–H groups in total. The van der Waals surface area contributed by atoms with Crippen molar-refractivity contribution in [3.05, 3.63) is 138 Å². The number of ether oxygens (including phenoxy) is 3. The fraction of sp³-hybridized carbons (Fsp3) is 0.340. The molecule has 2 fully saturated rings. The maximum atomic E-state index is 12.8. The highest BCUT2D eigenvalue weighted by Crippen LogP contribution is 2.37. The second-order valence-corrected chi connectivity index (χ2v) is 15.9. The summed E-state index contributed by atoms with van der Waals surface area (Å²) in [5, 5.41) is 6.07. The first-order valence-electron chi connectivity index (χ1n) is 20.1. The van der Waals surface area contributed by atoms with E-state index >= 15 is 0 Å². The molecular weight excluding hydrogens is 713 g/mol. The third-order valence-electron chi connectivity index (χ3n) is 11.4. The van der Waals surface area contributed by atoms with Crippen LogP contribution in [-0.4, -0.2) is 75.5 Å². The van der Waals surface area contributed by atoms with Gasteiger partial charge in [0.05, 0.1) is 11.1 Å². The molecule has 0 unspecified atom stereocenters. The van der Waals surface area contributed by atoms with Gasteiger partial charge in [-0.05, 0) is 73.6 Å². The fourth-order valence-corrected chi connectivity index (χ4v) is 8.06. The molecule has 10 nitrogen and oxygen atoms in total. The Labute approximate surface area is 335 Å². The minimum absolute atomic E-state index is 0.0163. The summed E-state index contributed by atoms with van der Waals surface area (Å²) >= 11 is 0. The van der Waals surface area contributed by atoms with E-state index in [1.807, 2.05) is 120 Å². The van der Waals surface area contributed by atoms with Crippen LogP contribution in [0.15, 0.2) is 121 Å². The Kier molecular flexibility index (Phi) is 11.4. The molecule has 57 heavy (non-hydrogen) atoms. The Hall–Kier alpha value is -5.87. The quantitative estimate of drug-likeness (QED) is 0.122. The highest BCUT2D eigenvalue weighted by molar-refractivity contribution is 5.96. The number of hydrogen-bond donors (Lipinski definition) is 0. The molecule has 0 saturated carbocycles. The second-order valence-electron chi connectivity index (χ2n) is 15.9. The summed E-state index contributed by atoms with van der Waals surface area (Å²) in [5.41, 5.74) is 7.01. The number of aryl methyl sites for hydroxylation is 1. The van der Waals surface area contributed by atoms with Crippen molar-refractivity contribution >= 4 is 22.7 Å². The van der Waals surface area contributed by atoms with Crippen LogP contribution in [0.5, 0.6) is 11.8 Å². The summed E-state index contributed by atoms with van der Waals surface area (Å²) in [4.78, 5) is 24.6. The van der Waals surface area contributed by atoms with Crippen LogP contribution in [0.3, 0.4) is 0 Å². The average Bonchev–Trinajstić information content (AvgIpc) is 3.58. The number of amides is 1. The molecule has 2 aliphatic heterocycles. The molecule has 294 valence electrons. The van der Waals surface area contributed by atoms with Crippen LogP contribution in [0.4, 0.5) is 10.5 Å². The zero-order chi connectivity index (χ0) is 39.2. The zero-order valence-corrected chi connectivity index (χ0v) is 33.2. The van der Waals surface area contributed by atoms with Crippen LogP contribution in [0.1, 0.15) is 43.4 Å².